The summed E-state index contributed by atoms with van der Waals surface area (Å²) < 4.78 is 11.2. The lowest BCUT2D eigenvalue weighted by Gasteiger charge is -2.30. The van der Waals surface area contributed by atoms with Crippen LogP contribution in [0.4, 0.5) is 0 Å². The third-order valence-corrected chi connectivity index (χ3v) is 3.95. The number of hydrogen-bond donors (Lipinski definition) is 1. The normalized spacial score (nSPS) is 20.5. The summed E-state index contributed by atoms with van der Waals surface area (Å²) >= 11 is 0. The van der Waals surface area contributed by atoms with Crippen molar-refractivity contribution in [2.75, 3.05) is 7.11 Å². The molecule has 3 heteroatoms. The summed E-state index contributed by atoms with van der Waals surface area (Å²) in [4.78, 5) is 0. The average molecular weight is 284 g/mol. The van der Waals surface area contributed by atoms with Crippen LogP contribution in [0.1, 0.15) is 30.1 Å². The maximum Gasteiger partial charge on any atom is 0.125 e. The number of aliphatic hydroxyl groups excluding tert-OH is 1. The van der Waals surface area contributed by atoms with Crippen LogP contribution < -0.4 is 9.47 Å². The Morgan fingerprint density at radius 2 is 2.00 bits per heavy atom. The zero-order valence-corrected chi connectivity index (χ0v) is 12.2. The molecule has 0 aliphatic carbocycles. The van der Waals surface area contributed by atoms with E-state index in [4.69, 9.17) is 9.47 Å². The van der Waals surface area contributed by atoms with Gasteiger partial charge in [-0.25, -0.2) is 0 Å². The second kappa shape index (κ2) is 6.19. The fraction of sp³-hybridized carbons (Fsp3) is 0.333. The summed E-state index contributed by atoms with van der Waals surface area (Å²) in [5.74, 6) is 1.52. The zero-order valence-electron chi connectivity index (χ0n) is 12.2. The molecule has 1 N–H and O–H groups in total. The van der Waals surface area contributed by atoms with Crippen molar-refractivity contribution in [2.45, 2.75) is 31.5 Å². The van der Waals surface area contributed by atoms with Gasteiger partial charge in [0.15, 0.2) is 0 Å². The summed E-state index contributed by atoms with van der Waals surface area (Å²) in [6.07, 6.45) is 2.08. The quantitative estimate of drug-likeness (QED) is 0.933. The van der Waals surface area contributed by atoms with E-state index in [9.17, 15) is 5.11 Å². The van der Waals surface area contributed by atoms with Crippen LogP contribution >= 0.6 is 0 Å². The first-order valence-electron chi connectivity index (χ1n) is 7.33. The second-order valence-electron chi connectivity index (χ2n) is 5.42. The average Bonchev–Trinajstić information content (AvgIpc) is 2.54. The molecule has 1 heterocycles. The minimum atomic E-state index is -0.482. The van der Waals surface area contributed by atoms with Gasteiger partial charge in [-0.3, -0.25) is 0 Å². The van der Waals surface area contributed by atoms with Gasteiger partial charge in [-0.1, -0.05) is 30.3 Å². The Kier molecular flexibility index (Phi) is 4.11. The number of rotatable bonds is 4. The number of aryl methyl sites for hydroxylation is 1. The van der Waals surface area contributed by atoms with Crippen LogP contribution in [0.3, 0.4) is 0 Å². The maximum atomic E-state index is 10.3. The largest absolute Gasteiger partial charge is 0.497 e. The summed E-state index contributed by atoms with van der Waals surface area (Å²) in [6.45, 7) is 0. The fourth-order valence-electron chi connectivity index (χ4n) is 2.77. The third kappa shape index (κ3) is 3.19. The highest BCUT2D eigenvalue weighted by atomic mass is 16.5. The summed E-state index contributed by atoms with van der Waals surface area (Å²) in [5.41, 5.74) is 2.13. The number of fused-ring (bicyclic) bond motifs is 1. The Bertz CT molecular complexity index is 595. The lowest BCUT2D eigenvalue weighted by molar-refractivity contribution is 0.0617. The van der Waals surface area contributed by atoms with Crippen LogP contribution in [0.5, 0.6) is 11.5 Å². The highest BCUT2D eigenvalue weighted by Crippen LogP contribution is 2.38. The Morgan fingerprint density at radius 3 is 2.76 bits per heavy atom. The molecule has 0 amide bonds. The smallest absolute Gasteiger partial charge is 0.125 e. The molecule has 0 spiro atoms. The zero-order chi connectivity index (χ0) is 14.7. The van der Waals surface area contributed by atoms with Crippen molar-refractivity contribution < 1.29 is 14.6 Å². The molecule has 0 aromatic heterocycles. The SMILES string of the molecule is COc1ccc2c(c1)[C@H](O)CC(CCc1ccccc1)O2. The molecule has 1 aliphatic heterocycles. The Balaban J connectivity index is 1.67. The number of aliphatic hydroxyl groups is 1. The molecule has 3 rings (SSSR count). The summed E-state index contributed by atoms with van der Waals surface area (Å²) in [5, 5.41) is 10.3. The third-order valence-electron chi connectivity index (χ3n) is 3.95. The molecule has 3 nitrogen and oxygen atoms in total. The van der Waals surface area contributed by atoms with Gasteiger partial charge in [0, 0.05) is 12.0 Å². The van der Waals surface area contributed by atoms with Crippen LogP contribution in [0.25, 0.3) is 0 Å². The molecule has 0 radical (unpaired) electrons. The number of hydrogen-bond acceptors (Lipinski definition) is 3. The molecule has 1 aliphatic rings. The van der Waals surface area contributed by atoms with Gasteiger partial charge in [0.05, 0.1) is 13.2 Å². The van der Waals surface area contributed by atoms with Crippen molar-refractivity contribution in [3.8, 4) is 11.5 Å². The maximum absolute atomic E-state index is 10.3. The Labute approximate surface area is 125 Å². The molecule has 0 bridgehead atoms. The molecule has 2 aromatic rings. The molecule has 1 unspecified atom stereocenters. The van der Waals surface area contributed by atoms with Crippen molar-refractivity contribution in [1.29, 1.82) is 0 Å². The summed E-state index contributed by atoms with van der Waals surface area (Å²) in [6, 6.07) is 16.0. The first-order valence-corrected chi connectivity index (χ1v) is 7.33. The molecule has 2 atom stereocenters. The topological polar surface area (TPSA) is 38.7 Å². The van der Waals surface area contributed by atoms with E-state index in [0.717, 1.165) is 29.9 Å². The van der Waals surface area contributed by atoms with Gasteiger partial charge >= 0.3 is 0 Å². The summed E-state index contributed by atoms with van der Waals surface area (Å²) in [7, 11) is 1.63. The van der Waals surface area contributed by atoms with Crippen LogP contribution in [0, 0.1) is 0 Å². The minimum Gasteiger partial charge on any atom is -0.497 e. The second-order valence-corrected chi connectivity index (χ2v) is 5.42. The van der Waals surface area contributed by atoms with Gasteiger partial charge in [-0.15, -0.1) is 0 Å². The molecule has 0 saturated carbocycles. The van der Waals surface area contributed by atoms with Gasteiger partial charge in [0.2, 0.25) is 0 Å². The van der Waals surface area contributed by atoms with Gasteiger partial charge in [0.1, 0.15) is 17.6 Å². The number of ether oxygens (including phenoxy) is 2. The van der Waals surface area contributed by atoms with E-state index in [2.05, 4.69) is 12.1 Å². The highest BCUT2D eigenvalue weighted by Gasteiger charge is 2.27. The molecule has 2 aromatic carbocycles. The molecular weight excluding hydrogens is 264 g/mol. The van der Waals surface area contributed by atoms with Crippen LogP contribution in [0.15, 0.2) is 48.5 Å². The first kappa shape index (κ1) is 14.0. The van der Waals surface area contributed by atoms with Crippen LogP contribution in [-0.2, 0) is 6.42 Å². The van der Waals surface area contributed by atoms with Crippen molar-refractivity contribution in [3.63, 3.8) is 0 Å². The van der Waals surface area contributed by atoms with Gasteiger partial charge < -0.3 is 14.6 Å². The van der Waals surface area contributed by atoms with E-state index >= 15 is 0 Å². The Hall–Kier alpha value is -2.00. The number of benzene rings is 2. The monoisotopic (exact) mass is 284 g/mol. The van der Waals surface area contributed by atoms with Crippen molar-refractivity contribution >= 4 is 0 Å². The van der Waals surface area contributed by atoms with Crippen molar-refractivity contribution in [1.82, 2.24) is 0 Å². The van der Waals surface area contributed by atoms with Crippen LogP contribution in [-0.4, -0.2) is 18.3 Å². The van der Waals surface area contributed by atoms with E-state index in [-0.39, 0.29) is 6.10 Å². The standard InChI is InChI=1S/C18H20O3/c1-20-14-9-10-18-16(11-14)17(19)12-15(21-18)8-7-13-5-3-2-4-6-13/h2-6,9-11,15,17,19H,7-8,12H2,1H3/t15?,17-/m1/s1. The van der Waals surface area contributed by atoms with Gasteiger partial charge in [-0.05, 0) is 36.6 Å². The molecular formula is C18H20O3. The van der Waals surface area contributed by atoms with E-state index in [1.54, 1.807) is 7.11 Å². The van der Waals surface area contributed by atoms with E-state index in [0.29, 0.717) is 6.42 Å². The molecule has 0 saturated heterocycles. The predicted octanol–water partition coefficient (Wildman–Crippen LogP) is 3.51. The van der Waals surface area contributed by atoms with Crippen molar-refractivity contribution in [3.05, 3.63) is 59.7 Å². The van der Waals surface area contributed by atoms with E-state index < -0.39 is 6.10 Å². The van der Waals surface area contributed by atoms with E-state index in [1.807, 2.05) is 36.4 Å². The lowest BCUT2D eigenvalue weighted by atomic mass is 9.95. The highest BCUT2D eigenvalue weighted by molar-refractivity contribution is 5.43. The van der Waals surface area contributed by atoms with E-state index in [1.165, 1.54) is 5.56 Å². The molecule has 110 valence electrons. The lowest BCUT2D eigenvalue weighted by Crippen LogP contribution is -2.26. The Morgan fingerprint density at radius 1 is 1.19 bits per heavy atom. The van der Waals surface area contributed by atoms with Crippen molar-refractivity contribution in [2.24, 2.45) is 0 Å². The molecule has 21 heavy (non-hydrogen) atoms. The minimum absolute atomic E-state index is 0.0566. The first-order chi connectivity index (χ1) is 10.3. The predicted molar refractivity (Wildman–Crippen MR) is 81.7 cm³/mol. The van der Waals surface area contributed by atoms with Gasteiger partial charge in [-0.2, -0.15) is 0 Å². The van der Waals surface area contributed by atoms with Crippen LogP contribution in [0.2, 0.25) is 0 Å². The molecule has 0 fully saturated rings. The van der Waals surface area contributed by atoms with Gasteiger partial charge in [0.25, 0.3) is 0 Å². The fourth-order valence-corrected chi connectivity index (χ4v) is 2.77. The number of methoxy groups -OCH3 is 1.